The van der Waals surface area contributed by atoms with Crippen molar-refractivity contribution >= 4 is 16.2 Å². The Kier molecular flexibility index (Phi) is 2.89. The van der Waals surface area contributed by atoms with E-state index in [1.165, 1.54) is 7.05 Å². The molecule has 3 N–H and O–H groups in total. The van der Waals surface area contributed by atoms with Gasteiger partial charge in [-0.15, -0.1) is 0 Å². The summed E-state index contributed by atoms with van der Waals surface area (Å²) in [6.45, 7) is 0. The topological polar surface area (TPSA) is 95.5 Å². The van der Waals surface area contributed by atoms with Crippen molar-refractivity contribution in [1.29, 1.82) is 0 Å². The van der Waals surface area contributed by atoms with Gasteiger partial charge in [-0.2, -0.15) is 13.1 Å². The van der Waals surface area contributed by atoms with Crippen molar-refractivity contribution < 1.29 is 18.3 Å². The minimum atomic E-state index is -3.42. The molecule has 0 bridgehead atoms. The molecule has 0 atom stereocenters. The summed E-state index contributed by atoms with van der Waals surface area (Å²) in [5.41, 5.74) is 0. The zero-order chi connectivity index (χ0) is 10.1. The van der Waals surface area contributed by atoms with Gasteiger partial charge in [-0.3, -0.25) is 4.79 Å². The summed E-state index contributed by atoms with van der Waals surface area (Å²) in [7, 11) is -2.12. The maximum Gasteiger partial charge on any atom is 0.306 e. The van der Waals surface area contributed by atoms with Crippen molar-refractivity contribution in [2.45, 2.75) is 18.9 Å². The second kappa shape index (κ2) is 3.60. The van der Waals surface area contributed by atoms with Gasteiger partial charge in [0.1, 0.15) is 0 Å². The molecule has 0 aliphatic heterocycles. The van der Waals surface area contributed by atoms with E-state index in [9.17, 15) is 13.2 Å². The Bertz CT molecular complexity index is 294. The Labute approximate surface area is 76.5 Å². The fourth-order valence-electron chi connectivity index (χ4n) is 1.19. The van der Waals surface area contributed by atoms with E-state index in [0.29, 0.717) is 12.8 Å². The monoisotopic (exact) mass is 208 g/mol. The van der Waals surface area contributed by atoms with E-state index < -0.39 is 22.1 Å². The van der Waals surface area contributed by atoms with Crippen molar-refractivity contribution in [3.05, 3.63) is 0 Å². The third-order valence-corrected chi connectivity index (χ3v) is 3.26. The molecule has 0 unspecified atom stereocenters. The molecule has 0 aromatic carbocycles. The number of carboxylic acid groups (broad SMARTS) is 1. The Morgan fingerprint density at radius 1 is 1.46 bits per heavy atom. The van der Waals surface area contributed by atoms with Crippen LogP contribution < -0.4 is 9.44 Å². The average Bonchev–Trinajstić information content (AvgIpc) is 1.95. The molecule has 6 nitrogen and oxygen atoms in total. The van der Waals surface area contributed by atoms with Crippen LogP contribution in [0.15, 0.2) is 0 Å². The van der Waals surface area contributed by atoms with E-state index >= 15 is 0 Å². The highest BCUT2D eigenvalue weighted by Gasteiger charge is 2.36. The number of carbonyl (C=O) groups is 1. The molecule has 0 radical (unpaired) electrons. The Morgan fingerprint density at radius 3 is 2.38 bits per heavy atom. The standard InChI is InChI=1S/C6H12N2O4S/c1-7-13(11,12)8-5-2-4(3-5)6(9)10/h4-5,7-8H,2-3H2,1H3,(H,9,10). The normalized spacial score (nSPS) is 28.1. The lowest BCUT2D eigenvalue weighted by atomic mass is 9.81. The zero-order valence-corrected chi connectivity index (χ0v) is 7.97. The number of aliphatic carboxylic acids is 1. The summed E-state index contributed by atoms with van der Waals surface area (Å²) in [6.07, 6.45) is 0.743. The first-order chi connectivity index (χ1) is 5.94. The molecule has 0 amide bonds. The van der Waals surface area contributed by atoms with Gasteiger partial charge in [0.05, 0.1) is 5.92 Å². The quantitative estimate of drug-likeness (QED) is 0.546. The Balaban J connectivity index is 2.34. The summed E-state index contributed by atoms with van der Waals surface area (Å²) in [4.78, 5) is 10.4. The highest BCUT2D eigenvalue weighted by Crippen LogP contribution is 2.27. The number of carboxylic acids is 1. The van der Waals surface area contributed by atoms with E-state index in [4.69, 9.17) is 5.11 Å². The van der Waals surface area contributed by atoms with Crippen LogP contribution in [0.2, 0.25) is 0 Å². The summed E-state index contributed by atoms with van der Waals surface area (Å²) >= 11 is 0. The second-order valence-corrected chi connectivity index (χ2v) is 4.68. The molecule has 1 aliphatic carbocycles. The van der Waals surface area contributed by atoms with E-state index in [1.807, 2.05) is 0 Å². The Morgan fingerprint density at radius 2 is 2.00 bits per heavy atom. The summed E-state index contributed by atoms with van der Waals surface area (Å²) in [5, 5.41) is 8.51. The maximum absolute atomic E-state index is 10.9. The molecule has 1 aliphatic rings. The summed E-state index contributed by atoms with van der Waals surface area (Å²) in [5.74, 6) is -1.26. The van der Waals surface area contributed by atoms with Crippen LogP contribution in [0.3, 0.4) is 0 Å². The first-order valence-corrected chi connectivity index (χ1v) is 5.36. The van der Waals surface area contributed by atoms with Gasteiger partial charge in [-0.1, -0.05) is 0 Å². The molecule has 0 aromatic heterocycles. The lowest BCUT2D eigenvalue weighted by Crippen LogP contribution is -2.49. The fraction of sp³-hybridized carbons (Fsp3) is 0.833. The van der Waals surface area contributed by atoms with Crippen LogP contribution in [0.1, 0.15) is 12.8 Å². The second-order valence-electron chi connectivity index (χ2n) is 3.03. The molecule has 1 fully saturated rings. The molecule has 7 heteroatoms. The van der Waals surface area contributed by atoms with Crippen LogP contribution in [0.5, 0.6) is 0 Å². The van der Waals surface area contributed by atoms with Crippen LogP contribution in [-0.2, 0) is 15.0 Å². The van der Waals surface area contributed by atoms with E-state index in [2.05, 4.69) is 9.44 Å². The molecular formula is C6H12N2O4S. The van der Waals surface area contributed by atoms with E-state index in [-0.39, 0.29) is 6.04 Å². The maximum atomic E-state index is 10.9. The van der Waals surface area contributed by atoms with Gasteiger partial charge in [0.15, 0.2) is 0 Å². The summed E-state index contributed by atoms with van der Waals surface area (Å²) in [6, 6.07) is -0.237. The third-order valence-electron chi connectivity index (χ3n) is 2.08. The average molecular weight is 208 g/mol. The van der Waals surface area contributed by atoms with Crippen LogP contribution in [0.4, 0.5) is 0 Å². The van der Waals surface area contributed by atoms with Gasteiger partial charge >= 0.3 is 5.97 Å². The minimum absolute atomic E-state index is 0.237. The molecule has 0 heterocycles. The summed E-state index contributed by atoms with van der Waals surface area (Å²) < 4.78 is 26.2. The van der Waals surface area contributed by atoms with Crippen LogP contribution >= 0.6 is 0 Å². The molecule has 1 rings (SSSR count). The van der Waals surface area contributed by atoms with Crippen molar-refractivity contribution in [2.24, 2.45) is 5.92 Å². The third kappa shape index (κ3) is 2.64. The van der Waals surface area contributed by atoms with Crippen LogP contribution in [0.25, 0.3) is 0 Å². The highest BCUT2D eigenvalue weighted by atomic mass is 32.2. The predicted octanol–water partition coefficient (Wildman–Crippen LogP) is -1.10. The lowest BCUT2D eigenvalue weighted by molar-refractivity contribution is -0.145. The largest absolute Gasteiger partial charge is 0.481 e. The molecule has 1 saturated carbocycles. The molecule has 13 heavy (non-hydrogen) atoms. The van der Waals surface area contributed by atoms with Gasteiger partial charge in [0, 0.05) is 13.1 Å². The van der Waals surface area contributed by atoms with Gasteiger partial charge in [0.2, 0.25) is 0 Å². The van der Waals surface area contributed by atoms with Crippen molar-refractivity contribution in [1.82, 2.24) is 9.44 Å². The molecular weight excluding hydrogens is 196 g/mol. The SMILES string of the molecule is CNS(=O)(=O)NC1CC(C(=O)O)C1. The first kappa shape index (κ1) is 10.4. The van der Waals surface area contributed by atoms with E-state index in [0.717, 1.165) is 0 Å². The van der Waals surface area contributed by atoms with Gasteiger partial charge in [0.25, 0.3) is 10.2 Å². The highest BCUT2D eigenvalue weighted by molar-refractivity contribution is 7.87. The number of hydrogen-bond acceptors (Lipinski definition) is 3. The van der Waals surface area contributed by atoms with Crippen molar-refractivity contribution in [3.63, 3.8) is 0 Å². The van der Waals surface area contributed by atoms with Crippen LogP contribution in [0, 0.1) is 5.92 Å². The molecule has 76 valence electrons. The smallest absolute Gasteiger partial charge is 0.306 e. The lowest BCUT2D eigenvalue weighted by Gasteiger charge is -2.32. The molecule has 0 aromatic rings. The van der Waals surface area contributed by atoms with Crippen molar-refractivity contribution in [2.75, 3.05) is 7.05 Å². The van der Waals surface area contributed by atoms with Gasteiger partial charge < -0.3 is 5.11 Å². The molecule has 0 spiro atoms. The Hall–Kier alpha value is -0.660. The number of nitrogens with one attached hydrogen (secondary N) is 2. The molecule has 0 saturated heterocycles. The van der Waals surface area contributed by atoms with Gasteiger partial charge in [-0.25, -0.2) is 4.72 Å². The van der Waals surface area contributed by atoms with E-state index in [1.54, 1.807) is 0 Å². The van der Waals surface area contributed by atoms with Crippen molar-refractivity contribution in [3.8, 4) is 0 Å². The fourth-order valence-corrected chi connectivity index (χ4v) is 1.94. The number of hydrogen-bond donors (Lipinski definition) is 3. The van der Waals surface area contributed by atoms with Crippen LogP contribution in [-0.4, -0.2) is 32.6 Å². The predicted molar refractivity (Wildman–Crippen MR) is 45.3 cm³/mol. The zero-order valence-electron chi connectivity index (χ0n) is 7.15. The first-order valence-electron chi connectivity index (χ1n) is 3.88. The minimum Gasteiger partial charge on any atom is -0.481 e. The number of rotatable bonds is 4. The van der Waals surface area contributed by atoms with Gasteiger partial charge in [-0.05, 0) is 12.8 Å².